The Bertz CT molecular complexity index is 938. The third kappa shape index (κ3) is 4.25. The van der Waals surface area contributed by atoms with Gasteiger partial charge in [-0.1, -0.05) is 36.4 Å². The summed E-state index contributed by atoms with van der Waals surface area (Å²) in [6, 6.07) is 19.0. The third-order valence-electron chi connectivity index (χ3n) is 4.17. The number of halogens is 1. The number of fused-ring (bicyclic) bond motifs is 1. The lowest BCUT2D eigenvalue weighted by Gasteiger charge is -2.15. The van der Waals surface area contributed by atoms with Gasteiger partial charge in [0, 0.05) is 5.56 Å². The van der Waals surface area contributed by atoms with Crippen molar-refractivity contribution in [1.82, 2.24) is 10.6 Å². The number of amides is 2. The van der Waals surface area contributed by atoms with Crippen LogP contribution in [-0.4, -0.2) is 18.4 Å². The summed E-state index contributed by atoms with van der Waals surface area (Å²) >= 11 is 0. The van der Waals surface area contributed by atoms with Crippen LogP contribution in [0.4, 0.5) is 4.39 Å². The molecule has 0 heterocycles. The van der Waals surface area contributed by atoms with E-state index in [1.165, 1.54) is 24.3 Å². The molecule has 0 radical (unpaired) electrons. The highest BCUT2D eigenvalue weighted by Gasteiger charge is 2.12. The second kappa shape index (κ2) is 7.78. The van der Waals surface area contributed by atoms with Gasteiger partial charge in [-0.15, -0.1) is 0 Å². The van der Waals surface area contributed by atoms with Crippen LogP contribution in [0.5, 0.6) is 0 Å². The van der Waals surface area contributed by atoms with Gasteiger partial charge in [-0.05, 0) is 53.6 Å². The van der Waals surface area contributed by atoms with Crippen molar-refractivity contribution in [2.75, 3.05) is 6.54 Å². The van der Waals surface area contributed by atoms with E-state index in [0.29, 0.717) is 5.56 Å². The van der Waals surface area contributed by atoms with E-state index >= 15 is 0 Å². The lowest BCUT2D eigenvalue weighted by Crippen LogP contribution is -2.38. The summed E-state index contributed by atoms with van der Waals surface area (Å²) in [4.78, 5) is 24.0. The second-order valence-corrected chi connectivity index (χ2v) is 6.09. The zero-order valence-corrected chi connectivity index (χ0v) is 14.3. The number of rotatable bonds is 5. The van der Waals surface area contributed by atoms with Gasteiger partial charge in [0.25, 0.3) is 5.91 Å². The van der Waals surface area contributed by atoms with Gasteiger partial charge in [0.15, 0.2) is 0 Å². The molecule has 26 heavy (non-hydrogen) atoms. The third-order valence-corrected chi connectivity index (χ3v) is 4.17. The molecule has 1 atom stereocenters. The number of benzene rings is 3. The maximum Gasteiger partial charge on any atom is 0.251 e. The number of hydrogen-bond donors (Lipinski definition) is 2. The number of hydrogen-bond acceptors (Lipinski definition) is 2. The van der Waals surface area contributed by atoms with E-state index in [2.05, 4.69) is 10.6 Å². The number of carbonyl (C=O) groups is 2. The van der Waals surface area contributed by atoms with E-state index in [1.807, 2.05) is 49.4 Å². The number of nitrogens with one attached hydrogen (secondary N) is 2. The predicted octanol–water partition coefficient (Wildman–Crippen LogP) is 3.59. The summed E-state index contributed by atoms with van der Waals surface area (Å²) in [6.45, 7) is 1.75. The fourth-order valence-corrected chi connectivity index (χ4v) is 2.72. The van der Waals surface area contributed by atoms with Gasteiger partial charge < -0.3 is 10.6 Å². The lowest BCUT2D eigenvalue weighted by atomic mass is 10.0. The molecule has 0 unspecified atom stereocenters. The summed E-state index contributed by atoms with van der Waals surface area (Å²) in [6.07, 6.45) is 0. The maximum atomic E-state index is 12.9. The Labute approximate surface area is 151 Å². The van der Waals surface area contributed by atoms with Crippen LogP contribution in [0.1, 0.15) is 28.9 Å². The fraction of sp³-hybridized carbons (Fsp3) is 0.143. The van der Waals surface area contributed by atoms with Crippen LogP contribution in [0, 0.1) is 5.82 Å². The monoisotopic (exact) mass is 350 g/mol. The van der Waals surface area contributed by atoms with Crippen molar-refractivity contribution >= 4 is 22.6 Å². The molecule has 0 spiro atoms. The topological polar surface area (TPSA) is 58.2 Å². The van der Waals surface area contributed by atoms with Crippen LogP contribution >= 0.6 is 0 Å². The van der Waals surface area contributed by atoms with Gasteiger partial charge in [-0.2, -0.15) is 0 Å². The lowest BCUT2D eigenvalue weighted by molar-refractivity contribution is -0.120. The molecule has 0 aliphatic carbocycles. The summed E-state index contributed by atoms with van der Waals surface area (Å²) in [7, 11) is 0. The van der Waals surface area contributed by atoms with Gasteiger partial charge in [-0.25, -0.2) is 4.39 Å². The molecule has 4 nitrogen and oxygen atoms in total. The SMILES string of the molecule is C[C@H](NC(=O)CNC(=O)c1ccc(F)cc1)c1ccc2ccccc2c1. The molecule has 0 saturated heterocycles. The van der Waals surface area contributed by atoms with Crippen LogP contribution in [0.15, 0.2) is 66.7 Å². The summed E-state index contributed by atoms with van der Waals surface area (Å²) in [5, 5.41) is 7.64. The molecule has 0 saturated carbocycles. The Morgan fingerprint density at radius 1 is 0.962 bits per heavy atom. The van der Waals surface area contributed by atoms with Crippen LogP contribution < -0.4 is 10.6 Å². The first-order valence-electron chi connectivity index (χ1n) is 8.35. The molecule has 0 aliphatic rings. The Morgan fingerprint density at radius 3 is 2.38 bits per heavy atom. The van der Waals surface area contributed by atoms with E-state index in [1.54, 1.807) is 0 Å². The van der Waals surface area contributed by atoms with Gasteiger partial charge >= 0.3 is 0 Å². The van der Waals surface area contributed by atoms with E-state index in [0.717, 1.165) is 16.3 Å². The van der Waals surface area contributed by atoms with Gasteiger partial charge in [0.05, 0.1) is 12.6 Å². The highest BCUT2D eigenvalue weighted by Crippen LogP contribution is 2.20. The number of carbonyl (C=O) groups excluding carboxylic acids is 2. The molecule has 3 aromatic carbocycles. The molecular formula is C21H19FN2O2. The van der Waals surface area contributed by atoms with Gasteiger partial charge in [0.1, 0.15) is 5.82 Å². The van der Waals surface area contributed by atoms with Crippen molar-refractivity contribution < 1.29 is 14.0 Å². The quantitative estimate of drug-likeness (QED) is 0.739. The minimum absolute atomic E-state index is 0.145. The summed E-state index contributed by atoms with van der Waals surface area (Å²) < 4.78 is 12.9. The Morgan fingerprint density at radius 2 is 1.65 bits per heavy atom. The van der Waals surface area contributed by atoms with Crippen molar-refractivity contribution in [2.45, 2.75) is 13.0 Å². The molecule has 0 fully saturated rings. The average molecular weight is 350 g/mol. The second-order valence-electron chi connectivity index (χ2n) is 6.09. The highest BCUT2D eigenvalue weighted by molar-refractivity contribution is 5.96. The first-order chi connectivity index (χ1) is 12.5. The van der Waals surface area contributed by atoms with E-state index in [9.17, 15) is 14.0 Å². The smallest absolute Gasteiger partial charge is 0.251 e. The standard InChI is InChI=1S/C21H19FN2O2/c1-14(17-7-6-15-4-2-3-5-18(15)12-17)24-20(25)13-23-21(26)16-8-10-19(22)11-9-16/h2-12,14H,13H2,1H3,(H,23,26)(H,24,25)/t14-/m0/s1. The summed E-state index contributed by atoms with van der Waals surface area (Å²) in [5.41, 5.74) is 1.30. The van der Waals surface area contributed by atoms with Crippen LogP contribution in [0.25, 0.3) is 10.8 Å². The molecular weight excluding hydrogens is 331 g/mol. The molecule has 5 heteroatoms. The molecule has 3 rings (SSSR count). The van der Waals surface area contributed by atoms with Crippen molar-refractivity contribution in [3.63, 3.8) is 0 Å². The molecule has 0 aliphatic heterocycles. The van der Waals surface area contributed by atoms with Crippen LogP contribution in [0.3, 0.4) is 0 Å². The Balaban J connectivity index is 1.56. The first-order valence-corrected chi connectivity index (χ1v) is 8.35. The molecule has 2 N–H and O–H groups in total. The average Bonchev–Trinajstić information content (AvgIpc) is 2.66. The first kappa shape index (κ1) is 17.6. The van der Waals surface area contributed by atoms with E-state index < -0.39 is 11.7 Å². The normalized spacial score (nSPS) is 11.8. The Hall–Kier alpha value is -3.21. The van der Waals surface area contributed by atoms with Gasteiger partial charge in [-0.3, -0.25) is 9.59 Å². The summed E-state index contributed by atoms with van der Waals surface area (Å²) in [5.74, 6) is -1.12. The van der Waals surface area contributed by atoms with Crippen molar-refractivity contribution in [3.8, 4) is 0 Å². The zero-order chi connectivity index (χ0) is 18.5. The predicted molar refractivity (Wildman–Crippen MR) is 99.2 cm³/mol. The Kier molecular flexibility index (Phi) is 5.27. The maximum absolute atomic E-state index is 12.9. The molecule has 2 amide bonds. The van der Waals surface area contributed by atoms with Gasteiger partial charge in [0.2, 0.25) is 5.91 Å². The van der Waals surface area contributed by atoms with Crippen LogP contribution in [0.2, 0.25) is 0 Å². The molecule has 0 bridgehead atoms. The molecule has 0 aromatic heterocycles. The molecule has 132 valence electrons. The minimum Gasteiger partial charge on any atom is -0.348 e. The van der Waals surface area contributed by atoms with Crippen molar-refractivity contribution in [1.29, 1.82) is 0 Å². The van der Waals surface area contributed by atoms with Crippen LogP contribution in [-0.2, 0) is 4.79 Å². The minimum atomic E-state index is -0.418. The van der Waals surface area contributed by atoms with Crippen molar-refractivity contribution in [3.05, 3.63) is 83.7 Å². The highest BCUT2D eigenvalue weighted by atomic mass is 19.1. The van der Waals surface area contributed by atoms with E-state index in [4.69, 9.17) is 0 Å². The zero-order valence-electron chi connectivity index (χ0n) is 14.3. The fourth-order valence-electron chi connectivity index (χ4n) is 2.72. The largest absolute Gasteiger partial charge is 0.348 e. The van der Waals surface area contributed by atoms with Crippen molar-refractivity contribution in [2.24, 2.45) is 0 Å². The molecule has 3 aromatic rings. The van der Waals surface area contributed by atoms with E-state index in [-0.39, 0.29) is 18.5 Å².